The Morgan fingerprint density at radius 3 is 2.39 bits per heavy atom. The minimum absolute atomic E-state index is 0. The summed E-state index contributed by atoms with van der Waals surface area (Å²) in [7, 11) is 3.26. The van der Waals surface area contributed by atoms with E-state index < -0.39 is 11.6 Å². The zero-order valence-corrected chi connectivity index (χ0v) is 15.7. The number of halogens is 3. The molecule has 0 fully saturated rings. The second-order valence-electron chi connectivity index (χ2n) is 4.61. The number of aliphatic imine (C=N–C) groups is 1. The van der Waals surface area contributed by atoms with Crippen molar-refractivity contribution in [1.29, 1.82) is 0 Å². The first-order chi connectivity index (χ1) is 10.7. The standard InChI is InChI=1S/C15H23F2N3O2.HI/c1-21-8-3-6-18-15(19-7-9-22-2)20-11-12-4-5-13(16)14(17)10-12;/h4-5,10H,3,6-9,11H2,1-2H3,(H2,18,19,20);1H. The third-order valence-electron chi connectivity index (χ3n) is 2.82. The highest BCUT2D eigenvalue weighted by molar-refractivity contribution is 14.0. The Morgan fingerprint density at radius 1 is 1.04 bits per heavy atom. The van der Waals surface area contributed by atoms with Gasteiger partial charge in [0, 0.05) is 33.9 Å². The summed E-state index contributed by atoms with van der Waals surface area (Å²) in [6, 6.07) is 3.76. The molecule has 0 radical (unpaired) electrons. The Hall–Kier alpha value is -1.00. The Morgan fingerprint density at radius 2 is 1.74 bits per heavy atom. The van der Waals surface area contributed by atoms with Gasteiger partial charge in [0.1, 0.15) is 0 Å². The number of nitrogens with one attached hydrogen (secondary N) is 2. The van der Waals surface area contributed by atoms with Crippen LogP contribution < -0.4 is 10.6 Å². The van der Waals surface area contributed by atoms with Crippen LogP contribution in [0.1, 0.15) is 12.0 Å². The zero-order chi connectivity index (χ0) is 16.2. The van der Waals surface area contributed by atoms with Crippen molar-refractivity contribution >= 4 is 29.9 Å². The van der Waals surface area contributed by atoms with Crippen molar-refractivity contribution < 1.29 is 18.3 Å². The van der Waals surface area contributed by atoms with E-state index in [-0.39, 0.29) is 30.5 Å². The zero-order valence-electron chi connectivity index (χ0n) is 13.4. The van der Waals surface area contributed by atoms with Gasteiger partial charge in [-0.2, -0.15) is 0 Å². The highest BCUT2D eigenvalue weighted by Gasteiger charge is 2.03. The van der Waals surface area contributed by atoms with Crippen LogP contribution in [0.5, 0.6) is 0 Å². The molecule has 0 atom stereocenters. The Labute approximate surface area is 152 Å². The molecule has 0 aliphatic rings. The molecular formula is C15H24F2IN3O2. The fourth-order valence-electron chi connectivity index (χ4n) is 1.68. The number of methoxy groups -OCH3 is 2. The van der Waals surface area contributed by atoms with E-state index in [0.717, 1.165) is 18.6 Å². The molecular weight excluding hydrogens is 419 g/mol. The van der Waals surface area contributed by atoms with Crippen molar-refractivity contribution in [3.05, 3.63) is 35.4 Å². The van der Waals surface area contributed by atoms with Crippen LogP contribution in [0.15, 0.2) is 23.2 Å². The molecule has 1 rings (SSSR count). The van der Waals surface area contributed by atoms with Gasteiger partial charge in [0.25, 0.3) is 0 Å². The fraction of sp³-hybridized carbons (Fsp3) is 0.533. The van der Waals surface area contributed by atoms with Crippen LogP contribution in [0.3, 0.4) is 0 Å². The molecule has 0 amide bonds. The molecule has 5 nitrogen and oxygen atoms in total. The molecule has 8 heteroatoms. The second kappa shape index (κ2) is 13.4. The highest BCUT2D eigenvalue weighted by atomic mass is 127. The fourth-order valence-corrected chi connectivity index (χ4v) is 1.68. The maximum Gasteiger partial charge on any atom is 0.191 e. The van der Waals surface area contributed by atoms with Crippen LogP contribution >= 0.6 is 24.0 Å². The average molecular weight is 443 g/mol. The van der Waals surface area contributed by atoms with E-state index in [1.165, 1.54) is 6.07 Å². The first kappa shape index (κ1) is 22.0. The lowest BCUT2D eigenvalue weighted by molar-refractivity contribution is 0.195. The molecule has 0 bridgehead atoms. The number of hydrogen-bond acceptors (Lipinski definition) is 3. The summed E-state index contributed by atoms with van der Waals surface area (Å²) >= 11 is 0. The van der Waals surface area contributed by atoms with Gasteiger partial charge in [-0.1, -0.05) is 6.07 Å². The van der Waals surface area contributed by atoms with E-state index in [1.807, 2.05) is 0 Å². The molecule has 23 heavy (non-hydrogen) atoms. The molecule has 132 valence electrons. The normalized spacial score (nSPS) is 11.0. The van der Waals surface area contributed by atoms with Gasteiger partial charge in [-0.15, -0.1) is 24.0 Å². The number of hydrogen-bond donors (Lipinski definition) is 2. The van der Waals surface area contributed by atoms with Crippen molar-refractivity contribution in [3.63, 3.8) is 0 Å². The average Bonchev–Trinajstić information content (AvgIpc) is 2.52. The van der Waals surface area contributed by atoms with Crippen molar-refractivity contribution in [3.8, 4) is 0 Å². The van der Waals surface area contributed by atoms with E-state index in [4.69, 9.17) is 9.47 Å². The van der Waals surface area contributed by atoms with E-state index in [1.54, 1.807) is 14.2 Å². The molecule has 0 heterocycles. The number of rotatable bonds is 9. The predicted octanol–water partition coefficient (Wildman–Crippen LogP) is 2.30. The van der Waals surface area contributed by atoms with Crippen molar-refractivity contribution in [2.45, 2.75) is 13.0 Å². The third kappa shape index (κ3) is 9.67. The molecule has 0 spiro atoms. The van der Waals surface area contributed by atoms with Gasteiger partial charge < -0.3 is 20.1 Å². The van der Waals surface area contributed by atoms with Gasteiger partial charge in [-0.3, -0.25) is 0 Å². The summed E-state index contributed by atoms with van der Waals surface area (Å²) in [6.45, 7) is 2.75. The van der Waals surface area contributed by atoms with Gasteiger partial charge in [0.05, 0.1) is 13.2 Å². The number of guanidine groups is 1. The minimum Gasteiger partial charge on any atom is -0.385 e. The molecule has 0 aliphatic carbocycles. The van der Waals surface area contributed by atoms with Crippen molar-refractivity contribution in [1.82, 2.24) is 10.6 Å². The van der Waals surface area contributed by atoms with Crippen LogP contribution in [0.4, 0.5) is 8.78 Å². The highest BCUT2D eigenvalue weighted by Crippen LogP contribution is 2.09. The molecule has 0 aliphatic heterocycles. The smallest absolute Gasteiger partial charge is 0.191 e. The van der Waals surface area contributed by atoms with Crippen LogP contribution in [0.2, 0.25) is 0 Å². The first-order valence-electron chi connectivity index (χ1n) is 7.11. The van der Waals surface area contributed by atoms with E-state index in [9.17, 15) is 8.78 Å². The summed E-state index contributed by atoms with van der Waals surface area (Å²) in [5, 5.41) is 6.24. The summed E-state index contributed by atoms with van der Waals surface area (Å²) in [5.74, 6) is -1.13. The molecule has 0 saturated heterocycles. The van der Waals surface area contributed by atoms with Crippen LogP contribution in [-0.4, -0.2) is 46.5 Å². The van der Waals surface area contributed by atoms with Gasteiger partial charge in [0.15, 0.2) is 17.6 Å². The van der Waals surface area contributed by atoms with Gasteiger partial charge >= 0.3 is 0 Å². The number of ether oxygens (including phenoxy) is 2. The minimum atomic E-state index is -0.866. The Kier molecular flexibility index (Phi) is 12.9. The van der Waals surface area contributed by atoms with Crippen LogP contribution in [0.25, 0.3) is 0 Å². The lowest BCUT2D eigenvalue weighted by Gasteiger charge is -2.12. The van der Waals surface area contributed by atoms with Crippen LogP contribution in [-0.2, 0) is 16.0 Å². The largest absolute Gasteiger partial charge is 0.385 e. The molecule has 1 aromatic rings. The molecule has 0 saturated carbocycles. The molecule has 1 aromatic carbocycles. The third-order valence-corrected chi connectivity index (χ3v) is 2.82. The van der Waals surface area contributed by atoms with E-state index in [0.29, 0.717) is 37.8 Å². The SMILES string of the molecule is COCCCNC(=NCc1ccc(F)c(F)c1)NCCOC.I. The summed E-state index contributed by atoms with van der Waals surface area (Å²) in [5.41, 5.74) is 0.601. The predicted molar refractivity (Wildman–Crippen MR) is 97.3 cm³/mol. The molecule has 0 aromatic heterocycles. The summed E-state index contributed by atoms with van der Waals surface area (Å²) in [4.78, 5) is 4.34. The van der Waals surface area contributed by atoms with Crippen molar-refractivity contribution in [2.75, 3.05) is 40.5 Å². The Balaban J connectivity index is 0.00000484. The van der Waals surface area contributed by atoms with Crippen molar-refractivity contribution in [2.24, 2.45) is 4.99 Å². The first-order valence-corrected chi connectivity index (χ1v) is 7.11. The molecule has 0 unspecified atom stereocenters. The van der Waals surface area contributed by atoms with Gasteiger partial charge in [-0.05, 0) is 24.1 Å². The summed E-state index contributed by atoms with van der Waals surface area (Å²) < 4.78 is 36.0. The number of nitrogens with zero attached hydrogens (tertiary/aromatic N) is 1. The number of benzene rings is 1. The monoisotopic (exact) mass is 443 g/mol. The van der Waals surface area contributed by atoms with Gasteiger partial charge in [-0.25, -0.2) is 13.8 Å². The maximum atomic E-state index is 13.2. The summed E-state index contributed by atoms with van der Waals surface area (Å²) in [6.07, 6.45) is 0.840. The van der Waals surface area contributed by atoms with E-state index in [2.05, 4.69) is 15.6 Å². The second-order valence-corrected chi connectivity index (χ2v) is 4.61. The van der Waals surface area contributed by atoms with Gasteiger partial charge in [0.2, 0.25) is 0 Å². The topological polar surface area (TPSA) is 54.9 Å². The lowest BCUT2D eigenvalue weighted by atomic mass is 10.2. The van der Waals surface area contributed by atoms with Crippen LogP contribution in [0, 0.1) is 11.6 Å². The molecule has 2 N–H and O–H groups in total. The quantitative estimate of drug-likeness (QED) is 0.266. The lowest BCUT2D eigenvalue weighted by Crippen LogP contribution is -2.39. The maximum absolute atomic E-state index is 13.2. The Bertz CT molecular complexity index is 476. The van der Waals surface area contributed by atoms with E-state index >= 15 is 0 Å².